The molecule has 0 saturated heterocycles. The lowest BCUT2D eigenvalue weighted by Gasteiger charge is -2.25. The molecule has 0 aliphatic carbocycles. The lowest BCUT2D eigenvalue weighted by molar-refractivity contribution is -0.160. The van der Waals surface area contributed by atoms with E-state index >= 15 is 0 Å². The Balaban J connectivity index is 4.79. The van der Waals surface area contributed by atoms with Gasteiger partial charge in [0.15, 0.2) is 5.60 Å². The van der Waals surface area contributed by atoms with Crippen LogP contribution in [0.4, 0.5) is 0 Å². The summed E-state index contributed by atoms with van der Waals surface area (Å²) in [6, 6.07) is 0. The molecule has 3 N–H and O–H groups in total. The summed E-state index contributed by atoms with van der Waals surface area (Å²) < 4.78 is 0. The molecule has 2 atom stereocenters. The van der Waals surface area contributed by atoms with Gasteiger partial charge in [-0.05, 0) is 6.92 Å². The van der Waals surface area contributed by atoms with E-state index in [0.717, 1.165) is 6.92 Å². The molecule has 13 heavy (non-hydrogen) atoms. The minimum atomic E-state index is -2.10. The fourth-order valence-electron chi connectivity index (χ4n) is 0.710. The van der Waals surface area contributed by atoms with Crippen molar-refractivity contribution in [2.24, 2.45) is 5.92 Å². The van der Waals surface area contributed by atoms with Gasteiger partial charge >= 0.3 is 11.9 Å². The van der Waals surface area contributed by atoms with Crippen molar-refractivity contribution in [2.45, 2.75) is 19.4 Å². The van der Waals surface area contributed by atoms with Crippen molar-refractivity contribution in [3.8, 4) is 0 Å². The molecule has 0 rings (SSSR count). The van der Waals surface area contributed by atoms with Crippen LogP contribution in [0.5, 0.6) is 0 Å². The fourth-order valence-corrected chi connectivity index (χ4v) is 0.710. The zero-order valence-corrected chi connectivity index (χ0v) is 7.44. The van der Waals surface area contributed by atoms with E-state index in [1.54, 1.807) is 0 Å². The normalized spacial score (nSPS) is 17.2. The quantitative estimate of drug-likeness (QED) is 0.544. The van der Waals surface area contributed by atoms with Crippen molar-refractivity contribution in [1.29, 1.82) is 0 Å². The maximum absolute atomic E-state index is 10.5. The Morgan fingerprint density at radius 1 is 1.38 bits per heavy atom. The monoisotopic (exact) mass is 188 g/mol. The van der Waals surface area contributed by atoms with Crippen LogP contribution in [-0.2, 0) is 9.59 Å². The Kier molecular flexibility index (Phi) is 3.20. The van der Waals surface area contributed by atoms with Crippen LogP contribution < -0.4 is 0 Å². The molecule has 0 aromatic carbocycles. The third-order valence-electron chi connectivity index (χ3n) is 2.07. The first kappa shape index (κ1) is 11.6. The van der Waals surface area contributed by atoms with Gasteiger partial charge in [-0.3, -0.25) is 0 Å². The van der Waals surface area contributed by atoms with Gasteiger partial charge < -0.3 is 15.3 Å². The maximum atomic E-state index is 10.5. The topological polar surface area (TPSA) is 94.8 Å². The number of carbonyl (C=O) groups is 2. The summed E-state index contributed by atoms with van der Waals surface area (Å²) in [5.74, 6) is -3.82. The summed E-state index contributed by atoms with van der Waals surface area (Å²) in [6.45, 7) is 5.51. The SMILES string of the molecule is C=C(C(=O)O)C(C)C(C)(O)C(=O)O. The fraction of sp³-hybridized carbons (Fsp3) is 0.500. The lowest BCUT2D eigenvalue weighted by Crippen LogP contribution is -2.43. The van der Waals surface area contributed by atoms with Crippen LogP contribution in [0.2, 0.25) is 0 Å². The molecule has 0 heterocycles. The number of hydrogen-bond acceptors (Lipinski definition) is 3. The van der Waals surface area contributed by atoms with Crippen molar-refractivity contribution in [2.75, 3.05) is 0 Å². The van der Waals surface area contributed by atoms with Gasteiger partial charge in [0.25, 0.3) is 0 Å². The third kappa shape index (κ3) is 2.29. The first-order chi connectivity index (χ1) is 5.71. The molecular weight excluding hydrogens is 176 g/mol. The molecule has 0 radical (unpaired) electrons. The first-order valence-electron chi connectivity index (χ1n) is 3.59. The van der Waals surface area contributed by atoms with Crippen molar-refractivity contribution < 1.29 is 24.9 Å². The number of carboxylic acids is 2. The second-order valence-corrected chi connectivity index (χ2v) is 3.00. The van der Waals surface area contributed by atoms with Crippen LogP contribution in [0.15, 0.2) is 12.2 Å². The number of aliphatic carboxylic acids is 2. The molecule has 0 fully saturated rings. The predicted molar refractivity (Wildman–Crippen MR) is 44.2 cm³/mol. The van der Waals surface area contributed by atoms with E-state index in [1.165, 1.54) is 6.92 Å². The number of hydrogen-bond donors (Lipinski definition) is 3. The number of rotatable bonds is 4. The third-order valence-corrected chi connectivity index (χ3v) is 2.07. The number of aliphatic hydroxyl groups is 1. The zero-order chi connectivity index (χ0) is 10.8. The van der Waals surface area contributed by atoms with E-state index < -0.39 is 23.5 Å². The molecule has 0 bridgehead atoms. The van der Waals surface area contributed by atoms with Gasteiger partial charge in [-0.25, -0.2) is 9.59 Å². The van der Waals surface area contributed by atoms with Crippen LogP contribution in [0.3, 0.4) is 0 Å². The Bertz CT molecular complexity index is 253. The van der Waals surface area contributed by atoms with E-state index in [2.05, 4.69) is 6.58 Å². The highest BCUT2D eigenvalue weighted by Crippen LogP contribution is 2.23. The Morgan fingerprint density at radius 3 is 2.00 bits per heavy atom. The smallest absolute Gasteiger partial charge is 0.336 e. The van der Waals surface area contributed by atoms with Gasteiger partial charge in [0.05, 0.1) is 0 Å². The average Bonchev–Trinajstić information content (AvgIpc) is 2.01. The molecule has 0 aromatic rings. The predicted octanol–water partition coefficient (Wildman–Crippen LogP) is 0.0989. The van der Waals surface area contributed by atoms with E-state index in [-0.39, 0.29) is 5.57 Å². The van der Waals surface area contributed by atoms with Gasteiger partial charge in [-0.1, -0.05) is 13.5 Å². The van der Waals surface area contributed by atoms with Gasteiger partial charge in [0.1, 0.15) is 0 Å². The van der Waals surface area contributed by atoms with Gasteiger partial charge in [0.2, 0.25) is 0 Å². The first-order valence-corrected chi connectivity index (χ1v) is 3.59. The second kappa shape index (κ2) is 3.57. The van der Waals surface area contributed by atoms with Crippen LogP contribution in [0, 0.1) is 5.92 Å². The van der Waals surface area contributed by atoms with Crippen molar-refractivity contribution >= 4 is 11.9 Å². The summed E-state index contributed by atoms with van der Waals surface area (Å²) in [6.07, 6.45) is 0. The highest BCUT2D eigenvalue weighted by molar-refractivity contribution is 5.89. The lowest BCUT2D eigenvalue weighted by atomic mass is 9.85. The van der Waals surface area contributed by atoms with E-state index in [0.29, 0.717) is 0 Å². The van der Waals surface area contributed by atoms with Crippen molar-refractivity contribution in [1.82, 2.24) is 0 Å². The summed E-state index contributed by atoms with van der Waals surface area (Å²) in [4.78, 5) is 20.9. The maximum Gasteiger partial charge on any atom is 0.336 e. The van der Waals surface area contributed by atoms with Gasteiger partial charge in [-0.2, -0.15) is 0 Å². The molecule has 5 heteroatoms. The molecule has 0 aliphatic rings. The van der Waals surface area contributed by atoms with Crippen LogP contribution in [0.25, 0.3) is 0 Å². The summed E-state index contributed by atoms with van der Waals surface area (Å²) in [7, 11) is 0. The van der Waals surface area contributed by atoms with Crippen molar-refractivity contribution in [3.05, 3.63) is 12.2 Å². The molecule has 0 saturated carbocycles. The molecule has 0 aliphatic heterocycles. The van der Waals surface area contributed by atoms with Crippen LogP contribution >= 0.6 is 0 Å². The molecule has 0 aromatic heterocycles. The van der Waals surface area contributed by atoms with Gasteiger partial charge in [-0.15, -0.1) is 0 Å². The van der Waals surface area contributed by atoms with Crippen molar-refractivity contribution in [3.63, 3.8) is 0 Å². The Morgan fingerprint density at radius 2 is 1.77 bits per heavy atom. The Hall–Kier alpha value is -1.36. The molecular formula is C8H12O5. The number of carboxylic acid groups (broad SMARTS) is 2. The largest absolute Gasteiger partial charge is 0.479 e. The molecule has 0 spiro atoms. The van der Waals surface area contributed by atoms with E-state index in [1.807, 2.05) is 0 Å². The van der Waals surface area contributed by atoms with Crippen LogP contribution in [0.1, 0.15) is 13.8 Å². The summed E-state index contributed by atoms with van der Waals surface area (Å²) in [5.41, 5.74) is -2.43. The highest BCUT2D eigenvalue weighted by Gasteiger charge is 2.39. The average molecular weight is 188 g/mol. The Labute approximate surface area is 75.3 Å². The molecule has 5 nitrogen and oxygen atoms in total. The van der Waals surface area contributed by atoms with Gasteiger partial charge in [0, 0.05) is 11.5 Å². The van der Waals surface area contributed by atoms with E-state index in [9.17, 15) is 14.7 Å². The minimum absolute atomic E-state index is 0.326. The summed E-state index contributed by atoms with van der Waals surface area (Å²) >= 11 is 0. The van der Waals surface area contributed by atoms with Crippen LogP contribution in [-0.4, -0.2) is 32.9 Å². The summed E-state index contributed by atoms with van der Waals surface area (Å²) in [5, 5.41) is 26.4. The van der Waals surface area contributed by atoms with E-state index in [4.69, 9.17) is 10.2 Å². The molecule has 74 valence electrons. The zero-order valence-electron chi connectivity index (χ0n) is 7.44. The molecule has 0 amide bonds. The highest BCUT2D eigenvalue weighted by atomic mass is 16.4. The minimum Gasteiger partial charge on any atom is -0.479 e. The standard InChI is InChI=1S/C8H12O5/c1-4(6(9)10)5(2)8(3,13)7(11)12/h5,13H,1H2,2-3H3,(H,9,10)(H,11,12). The molecule has 2 unspecified atom stereocenters. The second-order valence-electron chi connectivity index (χ2n) is 3.00.